The van der Waals surface area contributed by atoms with E-state index in [9.17, 15) is 19.5 Å². The minimum absolute atomic E-state index is 0.00210. The van der Waals surface area contributed by atoms with Crippen LogP contribution >= 0.6 is 0 Å². The van der Waals surface area contributed by atoms with Gasteiger partial charge in [-0.1, -0.05) is 13.0 Å². The molecule has 3 unspecified atom stereocenters. The number of nitrogens with one attached hydrogen (secondary N) is 3. The van der Waals surface area contributed by atoms with Crippen molar-refractivity contribution in [2.45, 2.75) is 31.0 Å². The van der Waals surface area contributed by atoms with Crippen molar-refractivity contribution in [1.82, 2.24) is 20.4 Å². The van der Waals surface area contributed by atoms with Gasteiger partial charge in [0.1, 0.15) is 23.2 Å². The van der Waals surface area contributed by atoms with Gasteiger partial charge < -0.3 is 45.5 Å². The summed E-state index contributed by atoms with van der Waals surface area (Å²) in [6.07, 6.45) is -0.652. The molecule has 3 aliphatic heterocycles. The van der Waals surface area contributed by atoms with Crippen molar-refractivity contribution in [2.24, 2.45) is 5.73 Å². The number of carbonyl (C=O) groups is 3. The van der Waals surface area contributed by atoms with E-state index in [4.69, 9.17) is 25.4 Å². The van der Waals surface area contributed by atoms with Crippen molar-refractivity contribution in [1.29, 1.82) is 5.41 Å². The van der Waals surface area contributed by atoms with Crippen LogP contribution in [-0.4, -0.2) is 96.7 Å². The highest BCUT2D eigenvalue weighted by Crippen LogP contribution is 2.46. The molecule has 0 saturated carbocycles. The molecule has 0 radical (unpaired) electrons. The molecule has 5 rings (SSSR count). The molecule has 2 amide bonds. The van der Waals surface area contributed by atoms with Crippen LogP contribution in [0.3, 0.4) is 0 Å². The van der Waals surface area contributed by atoms with Crippen molar-refractivity contribution in [2.75, 3.05) is 46.1 Å². The van der Waals surface area contributed by atoms with E-state index in [1.165, 1.54) is 4.90 Å². The highest BCUT2D eigenvalue weighted by molar-refractivity contribution is 5.95. The number of carboxylic acid groups (broad SMARTS) is 1. The summed E-state index contributed by atoms with van der Waals surface area (Å²) in [5.41, 5.74) is 4.90. The summed E-state index contributed by atoms with van der Waals surface area (Å²) in [5, 5.41) is 24.7. The van der Waals surface area contributed by atoms with E-state index in [0.717, 1.165) is 0 Å². The maximum Gasteiger partial charge on any atom is 0.329 e. The van der Waals surface area contributed by atoms with Crippen molar-refractivity contribution in [3.05, 3.63) is 53.6 Å². The van der Waals surface area contributed by atoms with E-state index in [1.807, 2.05) is 6.92 Å². The van der Waals surface area contributed by atoms with Crippen LogP contribution in [0.2, 0.25) is 0 Å². The van der Waals surface area contributed by atoms with Gasteiger partial charge in [0.15, 0.2) is 17.5 Å². The van der Waals surface area contributed by atoms with E-state index in [0.29, 0.717) is 41.5 Å². The predicted molar refractivity (Wildman–Crippen MR) is 147 cm³/mol. The summed E-state index contributed by atoms with van der Waals surface area (Å²) < 4.78 is 17.8. The molecular weight excluding hydrogens is 532 g/mol. The monoisotopic (exact) mass is 566 g/mol. The van der Waals surface area contributed by atoms with Gasteiger partial charge in [-0.2, -0.15) is 0 Å². The zero-order valence-electron chi connectivity index (χ0n) is 22.7. The van der Waals surface area contributed by atoms with Crippen molar-refractivity contribution in [3.63, 3.8) is 0 Å². The quantitative estimate of drug-likeness (QED) is 0.195. The number of carbonyl (C=O) groups excluding carboxylic acids is 2. The number of nitrogens with two attached hydrogens (primary N) is 1. The number of fused-ring (bicyclic) bond motifs is 1. The lowest BCUT2D eigenvalue weighted by atomic mass is 9.73. The van der Waals surface area contributed by atoms with E-state index >= 15 is 0 Å². The van der Waals surface area contributed by atoms with Crippen LogP contribution < -0.4 is 30.6 Å². The first-order valence-electron chi connectivity index (χ1n) is 13.5. The van der Waals surface area contributed by atoms with Crippen LogP contribution in [-0.2, 0) is 19.9 Å². The third kappa shape index (κ3) is 5.13. The van der Waals surface area contributed by atoms with Gasteiger partial charge in [-0.05, 0) is 48.4 Å². The van der Waals surface area contributed by atoms with Gasteiger partial charge in [0.2, 0.25) is 18.6 Å². The summed E-state index contributed by atoms with van der Waals surface area (Å²) in [4.78, 5) is 43.4. The molecule has 2 aromatic rings. The highest BCUT2D eigenvalue weighted by atomic mass is 16.7. The van der Waals surface area contributed by atoms with E-state index in [1.54, 1.807) is 47.4 Å². The fourth-order valence-electron chi connectivity index (χ4n) is 5.96. The molecule has 3 heterocycles. The molecule has 0 aliphatic carbocycles. The fourth-order valence-corrected chi connectivity index (χ4v) is 5.96. The molecule has 3 atom stereocenters. The minimum Gasteiger partial charge on any atom is -0.488 e. The molecule has 41 heavy (non-hydrogen) atoms. The van der Waals surface area contributed by atoms with Crippen molar-refractivity contribution >= 4 is 23.6 Å². The molecule has 0 spiro atoms. The van der Waals surface area contributed by atoms with Crippen LogP contribution in [0, 0.1) is 5.41 Å². The Bertz CT molecular complexity index is 1340. The van der Waals surface area contributed by atoms with Gasteiger partial charge in [0, 0.05) is 31.7 Å². The minimum atomic E-state index is -1.67. The molecule has 2 fully saturated rings. The number of nitrogens with zero attached hydrogens (tertiary/aromatic N) is 2. The maximum atomic E-state index is 13.7. The number of amides is 2. The summed E-state index contributed by atoms with van der Waals surface area (Å²) >= 11 is 0. The Morgan fingerprint density at radius 2 is 1.76 bits per heavy atom. The SMILES string of the molecule is CCC(Oc1ccc(C(=N)N)cc1)C(c1ccc2c(c1)OCO2)(C(C(=O)O)N1CCNCC1=O)N1CCNCC1=O. The number of benzene rings is 2. The molecule has 6 N–H and O–H groups in total. The first-order valence-corrected chi connectivity index (χ1v) is 13.5. The Balaban J connectivity index is 1.75. The number of piperazine rings is 2. The number of nitrogen functional groups attached to an aromatic ring is 1. The average molecular weight is 567 g/mol. The van der Waals surface area contributed by atoms with E-state index in [2.05, 4.69) is 10.6 Å². The smallest absolute Gasteiger partial charge is 0.329 e. The molecule has 3 aliphatic rings. The van der Waals surface area contributed by atoms with Gasteiger partial charge in [-0.3, -0.25) is 15.0 Å². The molecule has 0 bridgehead atoms. The molecule has 13 nitrogen and oxygen atoms in total. The predicted octanol–water partition coefficient (Wildman–Crippen LogP) is 0.0691. The second kappa shape index (κ2) is 11.6. The largest absolute Gasteiger partial charge is 0.488 e. The average Bonchev–Trinajstić information content (AvgIpc) is 3.44. The number of carboxylic acids is 1. The third-order valence-electron chi connectivity index (χ3n) is 7.76. The first-order chi connectivity index (χ1) is 19.8. The number of hydrogen-bond donors (Lipinski definition) is 5. The molecule has 218 valence electrons. The standard InChI is InChI=1S/C28H34N6O7/c1-2-22(41-19-6-3-17(4-7-19)26(29)30)28(34-12-10-32-15-24(34)36,18-5-8-20-21(13-18)40-16-39-20)25(27(37)38)33-11-9-31-14-23(33)35/h3-8,13,22,25,31-32H,2,9-12,14-16H2,1H3,(H3,29,30)(H,37,38). The summed E-state index contributed by atoms with van der Waals surface area (Å²) in [6, 6.07) is 10.2. The van der Waals surface area contributed by atoms with E-state index < -0.39 is 29.6 Å². The second-order valence-electron chi connectivity index (χ2n) is 10.1. The normalized spacial score (nSPS) is 19.8. The molecule has 2 saturated heterocycles. The number of rotatable bonds is 10. The zero-order chi connectivity index (χ0) is 29.1. The van der Waals surface area contributed by atoms with Crippen molar-refractivity contribution in [3.8, 4) is 17.2 Å². The summed E-state index contributed by atoms with van der Waals surface area (Å²) in [5.74, 6) is -0.788. The van der Waals surface area contributed by atoms with Gasteiger partial charge >= 0.3 is 5.97 Å². The van der Waals surface area contributed by atoms with Gasteiger partial charge in [0.05, 0.1) is 13.1 Å². The lowest BCUT2D eigenvalue weighted by Crippen LogP contribution is -2.74. The molecule has 13 heteroatoms. The Morgan fingerprint density at radius 3 is 2.39 bits per heavy atom. The Kier molecular flexibility index (Phi) is 7.99. The second-order valence-corrected chi connectivity index (χ2v) is 10.1. The van der Waals surface area contributed by atoms with Crippen LogP contribution in [0.15, 0.2) is 42.5 Å². The molecule has 0 aromatic heterocycles. The van der Waals surface area contributed by atoms with Gasteiger partial charge in [-0.15, -0.1) is 0 Å². The van der Waals surface area contributed by atoms with Gasteiger partial charge in [0.25, 0.3) is 0 Å². The lowest BCUT2D eigenvalue weighted by molar-refractivity contribution is -0.173. The fraction of sp³-hybridized carbons (Fsp3) is 0.429. The van der Waals surface area contributed by atoms with E-state index in [-0.39, 0.29) is 51.1 Å². The lowest BCUT2D eigenvalue weighted by Gasteiger charge is -2.55. The van der Waals surface area contributed by atoms with Crippen LogP contribution in [0.1, 0.15) is 24.5 Å². The van der Waals surface area contributed by atoms with Gasteiger partial charge in [-0.25, -0.2) is 4.79 Å². The highest BCUT2D eigenvalue weighted by Gasteiger charge is 2.60. The maximum absolute atomic E-state index is 13.7. The molecular formula is C28H34N6O7. The number of hydrogen-bond acceptors (Lipinski definition) is 9. The van der Waals surface area contributed by atoms with Crippen LogP contribution in [0.25, 0.3) is 0 Å². The third-order valence-corrected chi connectivity index (χ3v) is 7.76. The Morgan fingerprint density at radius 1 is 1.07 bits per heavy atom. The van der Waals surface area contributed by atoms with Crippen LogP contribution in [0.5, 0.6) is 17.2 Å². The first kappa shape index (κ1) is 28.2. The van der Waals surface area contributed by atoms with Crippen LogP contribution in [0.4, 0.5) is 0 Å². The Labute approximate surface area is 237 Å². The molecule has 2 aromatic carbocycles. The number of amidine groups is 1. The summed E-state index contributed by atoms with van der Waals surface area (Å²) in [7, 11) is 0. The topological polar surface area (TPSA) is 180 Å². The zero-order valence-corrected chi connectivity index (χ0v) is 22.7. The Hall–Kier alpha value is -4.36. The van der Waals surface area contributed by atoms with Crippen molar-refractivity contribution < 1.29 is 33.7 Å². The number of aliphatic carboxylic acids is 1. The summed E-state index contributed by atoms with van der Waals surface area (Å²) in [6.45, 7) is 2.95. The number of ether oxygens (including phenoxy) is 3.